The molecule has 4 aromatic rings. The molecule has 0 unspecified atom stereocenters. The molecule has 1 aliphatic rings. The Morgan fingerprint density at radius 1 is 1.19 bits per heavy atom. The first-order chi connectivity index (χ1) is 13.1. The van der Waals surface area contributed by atoms with Crippen molar-refractivity contribution in [3.05, 3.63) is 42.1 Å². The van der Waals surface area contributed by atoms with Crippen LogP contribution in [0, 0.1) is 12.7 Å². The second-order valence-corrected chi connectivity index (χ2v) is 6.99. The van der Waals surface area contributed by atoms with Crippen LogP contribution in [0.4, 0.5) is 10.3 Å². The van der Waals surface area contributed by atoms with Gasteiger partial charge in [-0.1, -0.05) is 0 Å². The summed E-state index contributed by atoms with van der Waals surface area (Å²) in [7, 11) is 0. The maximum Gasteiger partial charge on any atom is 0.225 e. The van der Waals surface area contributed by atoms with E-state index in [9.17, 15) is 9.50 Å². The van der Waals surface area contributed by atoms with Gasteiger partial charge >= 0.3 is 0 Å². The van der Waals surface area contributed by atoms with Gasteiger partial charge in [0.2, 0.25) is 5.95 Å². The molecular formula is C19H19FN6O. The lowest BCUT2D eigenvalue weighted by atomic mass is 10.1. The molecule has 1 aliphatic heterocycles. The molecule has 8 heteroatoms. The quantitative estimate of drug-likeness (QED) is 0.570. The summed E-state index contributed by atoms with van der Waals surface area (Å²) in [5.74, 6) is 0.390. The molecule has 4 heterocycles. The van der Waals surface area contributed by atoms with Crippen LogP contribution < -0.4 is 4.90 Å². The number of anilines is 1. The van der Waals surface area contributed by atoms with Gasteiger partial charge in [0.25, 0.3) is 0 Å². The molecule has 1 aromatic carbocycles. The molecule has 138 valence electrons. The number of piperidine rings is 1. The zero-order valence-electron chi connectivity index (χ0n) is 14.9. The van der Waals surface area contributed by atoms with E-state index in [0.717, 1.165) is 59.2 Å². The summed E-state index contributed by atoms with van der Waals surface area (Å²) in [5.41, 5.74) is 4.19. The number of aromatic nitrogens is 5. The summed E-state index contributed by atoms with van der Waals surface area (Å²) >= 11 is 0. The monoisotopic (exact) mass is 366 g/mol. The van der Waals surface area contributed by atoms with Crippen LogP contribution in [0.1, 0.15) is 18.5 Å². The van der Waals surface area contributed by atoms with E-state index in [4.69, 9.17) is 4.98 Å². The van der Waals surface area contributed by atoms with Crippen molar-refractivity contribution in [3.8, 4) is 5.69 Å². The van der Waals surface area contributed by atoms with E-state index in [-0.39, 0.29) is 11.9 Å². The number of aliphatic hydroxyl groups is 1. The van der Waals surface area contributed by atoms with Gasteiger partial charge in [0.05, 0.1) is 46.4 Å². The normalized spacial score (nSPS) is 15.9. The predicted octanol–water partition coefficient (Wildman–Crippen LogP) is 2.71. The number of nitrogens with one attached hydrogen (secondary N) is 1. The van der Waals surface area contributed by atoms with E-state index in [1.165, 1.54) is 12.1 Å². The maximum atomic E-state index is 13.8. The van der Waals surface area contributed by atoms with Crippen LogP contribution >= 0.6 is 0 Å². The van der Waals surface area contributed by atoms with Crippen molar-refractivity contribution in [3.63, 3.8) is 0 Å². The molecule has 2 N–H and O–H groups in total. The van der Waals surface area contributed by atoms with Crippen molar-refractivity contribution in [1.29, 1.82) is 0 Å². The molecule has 0 saturated carbocycles. The predicted molar refractivity (Wildman–Crippen MR) is 101 cm³/mol. The van der Waals surface area contributed by atoms with E-state index < -0.39 is 0 Å². The highest BCUT2D eigenvalue weighted by Gasteiger charge is 2.21. The Labute approximate surface area is 154 Å². The fraction of sp³-hybridized carbons (Fsp3) is 0.316. The zero-order chi connectivity index (χ0) is 18.5. The van der Waals surface area contributed by atoms with E-state index >= 15 is 0 Å². The number of fused-ring (bicyclic) bond motifs is 3. The minimum atomic E-state index is -0.285. The van der Waals surface area contributed by atoms with Gasteiger partial charge in [-0.3, -0.25) is 5.10 Å². The standard InChI is InChI=1S/C19H19FN6O/c1-11-16(9-21-19(23-11)25-6-4-13(27)5-7-25)26-15-3-2-12(20)8-14(15)18-17(26)10-22-24-18/h2-3,8-10,13,27H,4-7H2,1H3,(H,22,24). The minimum Gasteiger partial charge on any atom is -0.393 e. The molecule has 3 aromatic heterocycles. The van der Waals surface area contributed by atoms with Gasteiger partial charge in [0, 0.05) is 18.5 Å². The van der Waals surface area contributed by atoms with Gasteiger partial charge < -0.3 is 14.6 Å². The van der Waals surface area contributed by atoms with E-state index in [0.29, 0.717) is 5.95 Å². The molecule has 0 bridgehead atoms. The Morgan fingerprint density at radius 3 is 2.78 bits per heavy atom. The first-order valence-corrected chi connectivity index (χ1v) is 9.02. The molecule has 1 saturated heterocycles. The van der Waals surface area contributed by atoms with Crippen molar-refractivity contribution in [2.75, 3.05) is 18.0 Å². The number of benzene rings is 1. The number of H-pyrrole nitrogens is 1. The van der Waals surface area contributed by atoms with Gasteiger partial charge in [-0.25, -0.2) is 14.4 Å². The molecular weight excluding hydrogens is 347 g/mol. The van der Waals surface area contributed by atoms with Crippen LogP contribution in [0.5, 0.6) is 0 Å². The van der Waals surface area contributed by atoms with E-state index in [1.807, 2.05) is 11.5 Å². The van der Waals surface area contributed by atoms with Crippen molar-refractivity contribution in [1.82, 2.24) is 24.7 Å². The largest absolute Gasteiger partial charge is 0.393 e. The molecule has 7 nitrogen and oxygen atoms in total. The minimum absolute atomic E-state index is 0.234. The van der Waals surface area contributed by atoms with Gasteiger partial charge in [0.1, 0.15) is 5.82 Å². The zero-order valence-corrected chi connectivity index (χ0v) is 14.9. The maximum absolute atomic E-state index is 13.8. The van der Waals surface area contributed by atoms with Gasteiger partial charge in [-0.05, 0) is 38.0 Å². The number of aromatic amines is 1. The average molecular weight is 366 g/mol. The number of rotatable bonds is 2. The highest BCUT2D eigenvalue weighted by atomic mass is 19.1. The van der Waals surface area contributed by atoms with Gasteiger partial charge in [0.15, 0.2) is 0 Å². The van der Waals surface area contributed by atoms with E-state index in [2.05, 4.69) is 20.1 Å². The van der Waals surface area contributed by atoms with Crippen LogP contribution in [0.3, 0.4) is 0 Å². The molecule has 5 rings (SSSR count). The van der Waals surface area contributed by atoms with Gasteiger partial charge in [-0.2, -0.15) is 5.10 Å². The molecule has 0 radical (unpaired) electrons. The summed E-state index contributed by atoms with van der Waals surface area (Å²) in [6, 6.07) is 4.72. The third kappa shape index (κ3) is 2.56. The second-order valence-electron chi connectivity index (χ2n) is 6.99. The Bertz CT molecular complexity index is 1140. The van der Waals surface area contributed by atoms with Gasteiger partial charge in [-0.15, -0.1) is 0 Å². The summed E-state index contributed by atoms with van der Waals surface area (Å²) < 4.78 is 15.8. The lowest BCUT2D eigenvalue weighted by Crippen LogP contribution is -2.37. The second kappa shape index (κ2) is 6.02. The fourth-order valence-corrected chi connectivity index (χ4v) is 3.83. The van der Waals surface area contributed by atoms with Crippen molar-refractivity contribution in [2.45, 2.75) is 25.9 Å². The number of aliphatic hydroxyl groups excluding tert-OH is 1. The number of nitrogens with zero attached hydrogens (tertiary/aromatic N) is 5. The number of hydrogen-bond donors (Lipinski definition) is 2. The van der Waals surface area contributed by atoms with Crippen molar-refractivity contribution in [2.24, 2.45) is 0 Å². The number of aryl methyl sites for hydroxylation is 1. The Kier molecular flexibility index (Phi) is 3.61. The van der Waals surface area contributed by atoms with Crippen LogP contribution in [0.15, 0.2) is 30.6 Å². The first-order valence-electron chi connectivity index (χ1n) is 9.02. The Balaban J connectivity index is 1.63. The topological polar surface area (TPSA) is 82.9 Å². The lowest BCUT2D eigenvalue weighted by Gasteiger charge is -2.29. The number of halogens is 1. The first kappa shape index (κ1) is 16.2. The van der Waals surface area contributed by atoms with Crippen molar-refractivity contribution < 1.29 is 9.50 Å². The van der Waals surface area contributed by atoms with Crippen LogP contribution in [0.25, 0.3) is 27.6 Å². The summed E-state index contributed by atoms with van der Waals surface area (Å²) in [4.78, 5) is 11.4. The summed E-state index contributed by atoms with van der Waals surface area (Å²) in [6.07, 6.45) is 4.76. The highest BCUT2D eigenvalue weighted by molar-refractivity contribution is 6.06. The van der Waals surface area contributed by atoms with Crippen LogP contribution in [-0.4, -0.2) is 49.0 Å². The molecule has 0 amide bonds. The molecule has 27 heavy (non-hydrogen) atoms. The van der Waals surface area contributed by atoms with Crippen LogP contribution in [-0.2, 0) is 0 Å². The number of hydrogen-bond acceptors (Lipinski definition) is 5. The summed E-state index contributed by atoms with van der Waals surface area (Å²) in [6.45, 7) is 3.44. The smallest absolute Gasteiger partial charge is 0.225 e. The average Bonchev–Trinajstić information content (AvgIpc) is 3.24. The highest BCUT2D eigenvalue weighted by Crippen LogP contribution is 2.32. The molecule has 0 atom stereocenters. The SMILES string of the molecule is Cc1nc(N2CCC(O)CC2)ncc1-n1c2ccc(F)cc2c2[nH]ncc21. The Hall–Kier alpha value is -3.00. The molecule has 0 spiro atoms. The van der Waals surface area contributed by atoms with Crippen molar-refractivity contribution >= 4 is 27.9 Å². The molecule has 1 fully saturated rings. The third-order valence-corrected chi connectivity index (χ3v) is 5.26. The van der Waals surface area contributed by atoms with Crippen LogP contribution in [0.2, 0.25) is 0 Å². The van der Waals surface area contributed by atoms with E-state index in [1.54, 1.807) is 18.5 Å². The lowest BCUT2D eigenvalue weighted by molar-refractivity contribution is 0.145. The fourth-order valence-electron chi connectivity index (χ4n) is 3.83. The molecule has 0 aliphatic carbocycles. The third-order valence-electron chi connectivity index (χ3n) is 5.26. The summed E-state index contributed by atoms with van der Waals surface area (Å²) in [5, 5.41) is 17.5. The Morgan fingerprint density at radius 2 is 2.00 bits per heavy atom.